The van der Waals surface area contributed by atoms with Gasteiger partial charge < -0.3 is 10.6 Å². The van der Waals surface area contributed by atoms with Crippen molar-refractivity contribution in [2.24, 2.45) is 5.73 Å². The molecule has 2 N–H and O–H groups in total. The van der Waals surface area contributed by atoms with Crippen LogP contribution in [0.15, 0.2) is 5.57 Å². The molecule has 0 radical (unpaired) electrons. The molecule has 1 rings (SSSR count). The van der Waals surface area contributed by atoms with Gasteiger partial charge in [-0.2, -0.15) is 0 Å². The maximum absolute atomic E-state index is 5.98. The first-order valence-electron chi connectivity index (χ1n) is 4.25. The van der Waals surface area contributed by atoms with Gasteiger partial charge in [0.1, 0.15) is 5.15 Å². The summed E-state index contributed by atoms with van der Waals surface area (Å²) in [6, 6.07) is 0. The van der Waals surface area contributed by atoms with Crippen LogP contribution < -0.4 is 10.6 Å². The Kier molecular flexibility index (Phi) is 3.92. The van der Waals surface area contributed by atoms with Crippen LogP contribution in [-0.2, 0) is 0 Å². The van der Waals surface area contributed by atoms with Crippen molar-refractivity contribution in [3.05, 3.63) is 15.6 Å². The van der Waals surface area contributed by atoms with E-state index in [2.05, 4.69) is 4.98 Å². The van der Waals surface area contributed by atoms with E-state index in [-0.39, 0.29) is 0 Å². The molecule has 0 spiro atoms. The fourth-order valence-corrected chi connectivity index (χ4v) is 2.07. The third-order valence-corrected chi connectivity index (χ3v) is 3.25. The second kappa shape index (κ2) is 4.77. The normalized spacial score (nSPS) is 11.9. The topological polar surface area (TPSA) is 42.2 Å². The Morgan fingerprint density at radius 2 is 2.29 bits per heavy atom. The SMILES string of the molecule is CC(=Cc1sc(N(C)C)nc1Cl)CN. The summed E-state index contributed by atoms with van der Waals surface area (Å²) in [5.41, 5.74) is 6.60. The van der Waals surface area contributed by atoms with Crippen LogP contribution in [0, 0.1) is 0 Å². The molecule has 0 amide bonds. The van der Waals surface area contributed by atoms with E-state index in [1.54, 1.807) is 11.3 Å². The minimum absolute atomic E-state index is 0.547. The third-order valence-electron chi connectivity index (χ3n) is 1.68. The molecule has 1 heterocycles. The fourth-order valence-electron chi connectivity index (χ4n) is 0.865. The molecule has 0 aliphatic heterocycles. The third kappa shape index (κ3) is 2.70. The molecular weight excluding hydrogens is 218 g/mol. The van der Waals surface area contributed by atoms with Crippen LogP contribution in [0.3, 0.4) is 0 Å². The molecule has 0 saturated heterocycles. The van der Waals surface area contributed by atoms with E-state index in [1.165, 1.54) is 0 Å². The molecular formula is C9H14ClN3S. The van der Waals surface area contributed by atoms with Crippen LogP contribution in [0.1, 0.15) is 11.8 Å². The molecule has 1 aromatic heterocycles. The summed E-state index contributed by atoms with van der Waals surface area (Å²) in [5, 5.41) is 1.46. The van der Waals surface area contributed by atoms with Gasteiger partial charge in [0.2, 0.25) is 0 Å². The number of aromatic nitrogens is 1. The van der Waals surface area contributed by atoms with Crippen LogP contribution >= 0.6 is 22.9 Å². The lowest BCUT2D eigenvalue weighted by Crippen LogP contribution is -2.07. The summed E-state index contributed by atoms with van der Waals surface area (Å²) in [6.07, 6.45) is 1.98. The summed E-state index contributed by atoms with van der Waals surface area (Å²) in [4.78, 5) is 7.13. The number of nitrogens with zero attached hydrogens (tertiary/aromatic N) is 2. The molecule has 78 valence electrons. The van der Waals surface area contributed by atoms with E-state index in [1.807, 2.05) is 32.0 Å². The van der Waals surface area contributed by atoms with Gasteiger partial charge in [0, 0.05) is 20.6 Å². The number of nitrogens with two attached hydrogens (primary N) is 1. The molecule has 0 fully saturated rings. The van der Waals surface area contributed by atoms with E-state index >= 15 is 0 Å². The van der Waals surface area contributed by atoms with Crippen molar-refractivity contribution in [2.75, 3.05) is 25.5 Å². The highest BCUT2D eigenvalue weighted by Gasteiger charge is 2.08. The van der Waals surface area contributed by atoms with Gasteiger partial charge in [-0.1, -0.05) is 28.5 Å². The zero-order valence-electron chi connectivity index (χ0n) is 8.54. The lowest BCUT2D eigenvalue weighted by atomic mass is 10.3. The van der Waals surface area contributed by atoms with E-state index < -0.39 is 0 Å². The Morgan fingerprint density at radius 3 is 2.71 bits per heavy atom. The average molecular weight is 232 g/mol. The Morgan fingerprint density at radius 1 is 1.64 bits per heavy atom. The Hall–Kier alpha value is -0.580. The maximum atomic E-state index is 5.98. The van der Waals surface area contributed by atoms with Gasteiger partial charge >= 0.3 is 0 Å². The molecule has 5 heteroatoms. The first kappa shape index (κ1) is 11.5. The van der Waals surface area contributed by atoms with Gasteiger partial charge in [-0.05, 0) is 13.0 Å². The summed E-state index contributed by atoms with van der Waals surface area (Å²) >= 11 is 7.54. The van der Waals surface area contributed by atoms with Crippen molar-refractivity contribution < 1.29 is 0 Å². The Balaban J connectivity index is 2.99. The number of hydrogen-bond acceptors (Lipinski definition) is 4. The first-order chi connectivity index (χ1) is 6.54. The zero-order valence-corrected chi connectivity index (χ0v) is 10.1. The molecule has 0 bridgehead atoms. The summed E-state index contributed by atoms with van der Waals surface area (Å²) < 4.78 is 0. The number of halogens is 1. The van der Waals surface area contributed by atoms with Crippen LogP contribution in [0.2, 0.25) is 5.15 Å². The van der Waals surface area contributed by atoms with Crippen LogP contribution in [0.4, 0.5) is 5.13 Å². The standard InChI is InChI=1S/C9H14ClN3S/c1-6(5-11)4-7-8(10)12-9(14-7)13(2)3/h4H,5,11H2,1-3H3. The molecule has 0 saturated carbocycles. The summed E-state index contributed by atoms with van der Waals surface area (Å²) in [7, 11) is 3.89. The van der Waals surface area contributed by atoms with E-state index in [0.717, 1.165) is 15.6 Å². The lowest BCUT2D eigenvalue weighted by Gasteiger charge is -2.04. The predicted octanol–water partition coefficient (Wildman–Crippen LogP) is 2.22. The Bertz CT molecular complexity index is 344. The second-order valence-electron chi connectivity index (χ2n) is 3.24. The quantitative estimate of drug-likeness (QED) is 0.868. The molecule has 1 aromatic rings. The van der Waals surface area contributed by atoms with Crippen molar-refractivity contribution >= 4 is 34.1 Å². The van der Waals surface area contributed by atoms with Gasteiger partial charge in [-0.25, -0.2) is 4.98 Å². The predicted molar refractivity (Wildman–Crippen MR) is 64.2 cm³/mol. The van der Waals surface area contributed by atoms with Crippen molar-refractivity contribution in [1.29, 1.82) is 0 Å². The fraction of sp³-hybridized carbons (Fsp3) is 0.444. The van der Waals surface area contributed by atoms with E-state index in [9.17, 15) is 0 Å². The van der Waals surface area contributed by atoms with Crippen molar-refractivity contribution in [3.63, 3.8) is 0 Å². The van der Waals surface area contributed by atoms with Gasteiger partial charge in [0.25, 0.3) is 0 Å². The molecule has 0 aliphatic carbocycles. The van der Waals surface area contributed by atoms with Gasteiger partial charge in [-0.15, -0.1) is 0 Å². The molecule has 0 aromatic carbocycles. The first-order valence-corrected chi connectivity index (χ1v) is 5.45. The molecule has 0 aliphatic rings. The smallest absolute Gasteiger partial charge is 0.186 e. The summed E-state index contributed by atoms with van der Waals surface area (Å²) in [6.45, 7) is 2.52. The molecule has 0 unspecified atom stereocenters. The van der Waals surface area contributed by atoms with Crippen molar-refractivity contribution in [2.45, 2.75) is 6.92 Å². The van der Waals surface area contributed by atoms with Crippen molar-refractivity contribution in [3.8, 4) is 0 Å². The second-order valence-corrected chi connectivity index (χ2v) is 4.61. The van der Waals surface area contributed by atoms with E-state index in [0.29, 0.717) is 11.7 Å². The van der Waals surface area contributed by atoms with Crippen LogP contribution in [-0.4, -0.2) is 25.6 Å². The molecule has 14 heavy (non-hydrogen) atoms. The largest absolute Gasteiger partial charge is 0.354 e. The average Bonchev–Trinajstić information content (AvgIpc) is 2.48. The van der Waals surface area contributed by atoms with Crippen LogP contribution in [0.5, 0.6) is 0 Å². The monoisotopic (exact) mass is 231 g/mol. The highest BCUT2D eigenvalue weighted by atomic mass is 35.5. The van der Waals surface area contributed by atoms with Gasteiger partial charge in [-0.3, -0.25) is 0 Å². The molecule has 0 atom stereocenters. The molecule has 3 nitrogen and oxygen atoms in total. The minimum atomic E-state index is 0.547. The maximum Gasteiger partial charge on any atom is 0.186 e. The number of anilines is 1. The highest BCUT2D eigenvalue weighted by molar-refractivity contribution is 7.17. The number of hydrogen-bond donors (Lipinski definition) is 1. The Labute approximate surface area is 93.2 Å². The summed E-state index contributed by atoms with van der Waals surface area (Å²) in [5.74, 6) is 0. The van der Waals surface area contributed by atoms with Gasteiger partial charge in [0.05, 0.1) is 4.88 Å². The highest BCUT2D eigenvalue weighted by Crippen LogP contribution is 2.30. The lowest BCUT2D eigenvalue weighted by molar-refractivity contribution is 1.10. The van der Waals surface area contributed by atoms with Crippen molar-refractivity contribution in [1.82, 2.24) is 4.98 Å². The number of thiazole rings is 1. The van der Waals surface area contributed by atoms with E-state index in [4.69, 9.17) is 17.3 Å². The zero-order chi connectivity index (χ0) is 10.7. The number of rotatable bonds is 3. The van der Waals surface area contributed by atoms with Gasteiger partial charge in [0.15, 0.2) is 5.13 Å². The van der Waals surface area contributed by atoms with Crippen LogP contribution in [0.25, 0.3) is 6.08 Å². The minimum Gasteiger partial charge on any atom is -0.354 e.